The fourth-order valence-electron chi connectivity index (χ4n) is 0.929. The Morgan fingerprint density at radius 1 is 1.07 bits per heavy atom. The first-order chi connectivity index (χ1) is 6.30. The maximum absolute atomic E-state index is 10.5. The molecule has 2 aromatic rings. The summed E-state index contributed by atoms with van der Waals surface area (Å²) in [6.07, 6.45) is 0. The number of hydrogen-bond donors (Lipinski definition) is 0. The first-order valence-corrected chi connectivity index (χ1v) is 4.20. The van der Waals surface area contributed by atoms with E-state index >= 15 is 0 Å². The molecule has 0 bridgehead atoms. The van der Waals surface area contributed by atoms with Crippen LogP contribution in [-0.2, 0) is 19.5 Å². The molecule has 0 fully saturated rings. The monoisotopic (exact) mass is 274 g/mol. The predicted molar refractivity (Wildman–Crippen MR) is 54.1 cm³/mol. The zero-order chi connectivity index (χ0) is 9.52. The van der Waals surface area contributed by atoms with Gasteiger partial charge in [0, 0.05) is 0 Å². The van der Waals surface area contributed by atoms with E-state index in [1.165, 1.54) is 0 Å². The number of carbonyl (C=O) groups excluding carboxylic acids is 1. The molecule has 0 N–H and O–H groups in total. The first kappa shape index (κ1) is 13.0. The van der Waals surface area contributed by atoms with Crippen LogP contribution in [0.2, 0.25) is 0 Å². The summed E-state index contributed by atoms with van der Waals surface area (Å²) in [7, 11) is 0. The van der Waals surface area contributed by atoms with Crippen LogP contribution in [0, 0.1) is 0 Å². The Labute approximate surface area is 97.2 Å². The van der Waals surface area contributed by atoms with Crippen molar-refractivity contribution in [2.24, 2.45) is 0 Å². The van der Waals surface area contributed by atoms with E-state index in [1.807, 2.05) is 54.6 Å². The summed E-state index contributed by atoms with van der Waals surface area (Å²) >= 11 is 0. The number of hydrogen-bond acceptors (Lipinski definition) is 1. The van der Waals surface area contributed by atoms with E-state index in [-0.39, 0.29) is 25.3 Å². The van der Waals surface area contributed by atoms with E-state index in [9.17, 15) is 4.79 Å². The van der Waals surface area contributed by atoms with Crippen LogP contribution < -0.4 is 0 Å². The molecule has 0 amide bonds. The van der Waals surface area contributed by atoms with Crippen molar-refractivity contribution >= 4 is 5.78 Å². The molecule has 0 aliphatic rings. The third-order valence-electron chi connectivity index (χ3n) is 1.62. The van der Waals surface area contributed by atoms with Gasteiger partial charge >= 0.3 is 19.5 Å². The van der Waals surface area contributed by atoms with Crippen LogP contribution in [0.25, 0.3) is 0 Å². The molecule has 0 unspecified atom stereocenters. The van der Waals surface area contributed by atoms with Crippen LogP contribution in [0.5, 0.6) is 0 Å². The Morgan fingerprint density at radius 3 is 1.79 bits per heavy atom. The van der Waals surface area contributed by atoms with Gasteiger partial charge in [-0.3, -0.25) is 0 Å². The Bertz CT molecular complexity index is 302. The second-order valence-electron chi connectivity index (χ2n) is 2.69. The van der Waals surface area contributed by atoms with Gasteiger partial charge < -0.3 is 4.79 Å². The summed E-state index contributed by atoms with van der Waals surface area (Å²) < 4.78 is 0. The molecule has 2 aromatic carbocycles. The van der Waals surface area contributed by atoms with Gasteiger partial charge in [0.25, 0.3) is 0 Å². The predicted octanol–water partition coefficient (Wildman–Crippen LogP) is 3.01. The van der Waals surface area contributed by atoms with Gasteiger partial charge in [-0.2, -0.15) is 30.3 Å². The molecule has 0 spiro atoms. The minimum atomic E-state index is 0. The van der Waals surface area contributed by atoms with Gasteiger partial charge in [0.2, 0.25) is 0 Å². The van der Waals surface area contributed by atoms with E-state index in [4.69, 9.17) is 0 Å². The molecule has 0 aliphatic heterocycles. The third kappa shape index (κ3) is 4.88. The van der Waals surface area contributed by atoms with E-state index in [0.717, 1.165) is 5.56 Å². The fraction of sp³-hybridized carbons (Fsp3) is 0.0833. The molecule has 0 aromatic heterocycles. The fourth-order valence-corrected chi connectivity index (χ4v) is 0.929. The normalized spacial score (nSPS) is 8.07. The van der Waals surface area contributed by atoms with Crippen LogP contribution in [0.1, 0.15) is 17.3 Å². The molecule has 0 radical (unpaired) electrons. The molecule has 0 aliphatic carbocycles. The average Bonchev–Trinajstić information content (AvgIpc) is 2.82. The topological polar surface area (TPSA) is 17.1 Å². The Hall–Kier alpha value is -1.01. The van der Waals surface area contributed by atoms with Crippen molar-refractivity contribution < 1.29 is 24.3 Å². The standard InChI is InChI=1S/C7H7O.C5H5.Ru/c1-6(8)7-4-2-3-5-7;1-2-4-5-3-1;/h2-5H,1H3;1-5H;/q2*-1;+2. The molecular weight excluding hydrogens is 261 g/mol. The smallest absolute Gasteiger partial charge is 0.309 e. The molecule has 2 rings (SSSR count). The van der Waals surface area contributed by atoms with Crippen molar-refractivity contribution in [1.29, 1.82) is 0 Å². The summed E-state index contributed by atoms with van der Waals surface area (Å²) in [6.45, 7) is 1.56. The van der Waals surface area contributed by atoms with Crippen molar-refractivity contribution in [2.75, 3.05) is 0 Å². The SMILES string of the molecule is CC(=O)[c-]1cccc1.[Ru+2].c1cc[cH-]c1. The van der Waals surface area contributed by atoms with E-state index in [1.54, 1.807) is 6.92 Å². The van der Waals surface area contributed by atoms with Crippen LogP contribution in [-0.4, -0.2) is 5.78 Å². The molecule has 0 saturated carbocycles. The van der Waals surface area contributed by atoms with Gasteiger partial charge in [0.1, 0.15) is 5.78 Å². The minimum Gasteiger partial charge on any atom is -0.309 e. The molecule has 2 heteroatoms. The van der Waals surface area contributed by atoms with Crippen LogP contribution in [0.4, 0.5) is 0 Å². The number of carbonyl (C=O) groups is 1. The number of rotatable bonds is 1. The largest absolute Gasteiger partial charge is 2.00 e. The zero-order valence-corrected chi connectivity index (χ0v) is 9.70. The zero-order valence-electron chi connectivity index (χ0n) is 7.96. The van der Waals surface area contributed by atoms with Gasteiger partial charge in [0.15, 0.2) is 0 Å². The minimum absolute atomic E-state index is 0. The van der Waals surface area contributed by atoms with Crippen molar-refractivity contribution in [3.63, 3.8) is 0 Å². The maximum atomic E-state index is 10.5. The van der Waals surface area contributed by atoms with Crippen molar-refractivity contribution in [3.8, 4) is 0 Å². The third-order valence-corrected chi connectivity index (χ3v) is 1.62. The van der Waals surface area contributed by atoms with Gasteiger partial charge in [0.05, 0.1) is 0 Å². The van der Waals surface area contributed by atoms with Gasteiger partial charge in [-0.25, -0.2) is 24.3 Å². The Balaban J connectivity index is 0.000000246. The summed E-state index contributed by atoms with van der Waals surface area (Å²) in [6, 6.07) is 17.3. The quantitative estimate of drug-likeness (QED) is 0.443. The van der Waals surface area contributed by atoms with Crippen LogP contribution >= 0.6 is 0 Å². The summed E-state index contributed by atoms with van der Waals surface area (Å²) in [5.41, 5.74) is 0.796. The summed E-state index contributed by atoms with van der Waals surface area (Å²) in [5, 5.41) is 0. The molecule has 0 saturated heterocycles. The van der Waals surface area contributed by atoms with Gasteiger partial charge in [-0.15, -0.1) is 0 Å². The molecular formula is C12H12ORu. The maximum Gasteiger partial charge on any atom is 2.00 e. The Kier molecular flexibility index (Phi) is 6.87. The van der Waals surface area contributed by atoms with Gasteiger partial charge in [-0.1, -0.05) is 5.56 Å². The van der Waals surface area contributed by atoms with Gasteiger partial charge in [-0.05, 0) is 6.92 Å². The Morgan fingerprint density at radius 2 is 1.57 bits per heavy atom. The molecule has 0 atom stereocenters. The van der Waals surface area contributed by atoms with Crippen molar-refractivity contribution in [3.05, 3.63) is 60.2 Å². The average molecular weight is 273 g/mol. The first-order valence-electron chi connectivity index (χ1n) is 4.20. The number of Topliss-reactive ketones (excluding diaryl/α,β-unsaturated/α-hetero) is 1. The molecule has 0 heterocycles. The van der Waals surface area contributed by atoms with Crippen LogP contribution in [0.15, 0.2) is 54.6 Å². The molecule has 74 valence electrons. The summed E-state index contributed by atoms with van der Waals surface area (Å²) in [4.78, 5) is 10.5. The van der Waals surface area contributed by atoms with E-state index in [0.29, 0.717) is 0 Å². The van der Waals surface area contributed by atoms with E-state index in [2.05, 4.69) is 0 Å². The molecule has 14 heavy (non-hydrogen) atoms. The van der Waals surface area contributed by atoms with Crippen molar-refractivity contribution in [1.82, 2.24) is 0 Å². The van der Waals surface area contributed by atoms with Crippen molar-refractivity contribution in [2.45, 2.75) is 6.92 Å². The summed E-state index contributed by atoms with van der Waals surface area (Å²) in [5.74, 6) is 0.134. The second-order valence-corrected chi connectivity index (χ2v) is 2.69. The number of ketones is 1. The van der Waals surface area contributed by atoms with Crippen LogP contribution in [0.3, 0.4) is 0 Å². The second kappa shape index (κ2) is 7.40. The molecule has 1 nitrogen and oxygen atoms in total. The van der Waals surface area contributed by atoms with E-state index < -0.39 is 0 Å².